The first-order chi connectivity index (χ1) is 25.4. The molecule has 2 aromatic rings. The number of carbonyl (C=O) groups excluding carboxylic acids is 2. The van der Waals surface area contributed by atoms with Crippen molar-refractivity contribution in [1.82, 2.24) is 15.5 Å². The number of nitrogens with zero attached hydrogens (tertiary/aromatic N) is 1. The number of carbonyl (C=O) groups is 2. The fourth-order valence-corrected chi connectivity index (χ4v) is 6.69. The average Bonchev–Trinajstić information content (AvgIpc) is 3.01. The van der Waals surface area contributed by atoms with Gasteiger partial charge in [-0.25, -0.2) is 9.59 Å². The molecule has 0 unspecified atom stereocenters. The summed E-state index contributed by atoms with van der Waals surface area (Å²) in [7, 11) is -7.32. The van der Waals surface area contributed by atoms with E-state index in [2.05, 4.69) is 53.6 Å². The van der Waals surface area contributed by atoms with Crippen molar-refractivity contribution < 1.29 is 44.3 Å². The number of alkyl carbamates (subject to hydrolysis) is 2. The fraction of sp³-hybridized carbons (Fsp3) is 0.650. The van der Waals surface area contributed by atoms with Crippen LogP contribution < -0.4 is 16.4 Å². The largest absolute Gasteiger partial charge is 0.444 e. The van der Waals surface area contributed by atoms with Gasteiger partial charge in [0.1, 0.15) is 11.2 Å². The molecule has 1 aliphatic heterocycles. The summed E-state index contributed by atoms with van der Waals surface area (Å²) in [5.41, 5.74) is 6.16. The molecule has 0 spiro atoms. The number of likely N-dealkylation sites (tertiary alicyclic amines) is 1. The molecule has 14 nitrogen and oxygen atoms in total. The maximum Gasteiger partial charge on any atom is 0.407 e. The van der Waals surface area contributed by atoms with Crippen LogP contribution in [0.3, 0.4) is 0 Å². The lowest BCUT2D eigenvalue weighted by molar-refractivity contribution is 0.0380. The predicted octanol–water partition coefficient (Wildman–Crippen LogP) is 6.21. The Labute approximate surface area is 336 Å². The maximum atomic E-state index is 12.1. The molecule has 2 amide bonds. The minimum atomic E-state index is -3.70. The van der Waals surface area contributed by atoms with Crippen molar-refractivity contribution in [2.24, 2.45) is 16.6 Å². The minimum Gasteiger partial charge on any atom is -0.444 e. The Morgan fingerprint density at radius 1 is 0.804 bits per heavy atom. The predicted molar refractivity (Wildman–Crippen MR) is 221 cm³/mol. The molecule has 56 heavy (non-hydrogen) atoms. The average molecular weight is 829 g/mol. The molecule has 320 valence electrons. The van der Waals surface area contributed by atoms with E-state index >= 15 is 0 Å². The second-order valence-corrected chi connectivity index (χ2v) is 21.0. The number of benzene rings is 2. The van der Waals surface area contributed by atoms with Gasteiger partial charge in [0.25, 0.3) is 20.2 Å². The standard InChI is InChI=1S/C19H30N2O2.C14H29NO8S2.C7H9N/c1-18(2,3)23-17(22)20-16-11-19(4,5)14-21(13-16)12-15-9-7-6-8-10-15;1-13(2,3)23-12(16)15-11(9-21-24(6,17)18)8-14(4,5)10-22-25(7,19)20;8-6-7-4-2-1-3-5-7/h6-10,16H,11-14H2,1-5H3,(H,20,22);11H,8-10H2,1-7H3,(H,15,16);1-5H,6,8H2/t16-;11-;/m00./s1. The van der Waals surface area contributed by atoms with Crippen molar-refractivity contribution >= 4 is 32.4 Å². The highest BCUT2D eigenvalue weighted by molar-refractivity contribution is 7.86. The van der Waals surface area contributed by atoms with Gasteiger partial charge >= 0.3 is 12.2 Å². The van der Waals surface area contributed by atoms with Crippen molar-refractivity contribution in [3.8, 4) is 0 Å². The third-order valence-corrected chi connectivity index (χ3v) is 8.75. The number of hydrogen-bond acceptors (Lipinski definition) is 12. The molecule has 1 aliphatic rings. The summed E-state index contributed by atoms with van der Waals surface area (Å²) in [6, 6.07) is 19.9. The van der Waals surface area contributed by atoms with Gasteiger partial charge in [0, 0.05) is 32.2 Å². The summed E-state index contributed by atoms with van der Waals surface area (Å²) < 4.78 is 64.8. The van der Waals surface area contributed by atoms with Crippen molar-refractivity contribution in [1.29, 1.82) is 0 Å². The monoisotopic (exact) mass is 828 g/mol. The van der Waals surface area contributed by atoms with Crippen LogP contribution in [0.15, 0.2) is 60.7 Å². The van der Waals surface area contributed by atoms with Gasteiger partial charge in [-0.2, -0.15) is 16.8 Å². The van der Waals surface area contributed by atoms with E-state index in [4.69, 9.17) is 23.6 Å². The van der Waals surface area contributed by atoms with E-state index in [9.17, 15) is 26.4 Å². The molecule has 3 rings (SSSR count). The molecule has 1 fully saturated rings. The Balaban J connectivity index is 0.000000467. The van der Waals surface area contributed by atoms with E-state index in [-0.39, 0.29) is 37.2 Å². The summed E-state index contributed by atoms with van der Waals surface area (Å²) >= 11 is 0. The highest BCUT2D eigenvalue weighted by atomic mass is 32.2. The van der Waals surface area contributed by atoms with Crippen LogP contribution >= 0.6 is 0 Å². The second-order valence-electron chi connectivity index (χ2n) is 17.7. The SMILES string of the molecule is CC(C)(COS(C)(=O)=O)C[C@@H](COS(C)(=O)=O)NC(=O)OC(C)(C)C.CC1(C)C[C@H](NC(=O)OC(C)(C)C)CN(Cc2ccccc2)C1.NCc1ccccc1. The summed E-state index contributed by atoms with van der Waals surface area (Å²) in [5.74, 6) is 0. The molecule has 0 bridgehead atoms. The zero-order valence-electron chi connectivity index (χ0n) is 35.5. The number of rotatable bonds is 13. The lowest BCUT2D eigenvalue weighted by Crippen LogP contribution is -2.53. The number of amides is 2. The summed E-state index contributed by atoms with van der Waals surface area (Å²) in [5, 5.41) is 5.59. The Bertz CT molecular complexity index is 1690. The summed E-state index contributed by atoms with van der Waals surface area (Å²) in [4.78, 5) is 26.4. The Kier molecular flexibility index (Phi) is 20.0. The van der Waals surface area contributed by atoms with Gasteiger partial charge in [-0.15, -0.1) is 0 Å². The summed E-state index contributed by atoms with van der Waals surface area (Å²) in [6.45, 7) is 21.7. The van der Waals surface area contributed by atoms with E-state index < -0.39 is 49.0 Å². The third-order valence-electron chi connectivity index (χ3n) is 7.64. The number of nitrogens with two attached hydrogens (primary N) is 1. The van der Waals surface area contributed by atoms with Crippen molar-refractivity contribution in [3.05, 3.63) is 71.8 Å². The molecular formula is C40H68N4O10S2. The molecule has 1 saturated heterocycles. The van der Waals surface area contributed by atoms with Gasteiger partial charge in [0.2, 0.25) is 0 Å². The van der Waals surface area contributed by atoms with Gasteiger partial charge < -0.3 is 25.8 Å². The van der Waals surface area contributed by atoms with E-state index in [1.165, 1.54) is 11.1 Å². The molecule has 0 aromatic heterocycles. The minimum absolute atomic E-state index is 0.123. The maximum absolute atomic E-state index is 12.1. The normalized spacial score (nSPS) is 16.8. The highest BCUT2D eigenvalue weighted by Crippen LogP contribution is 2.30. The fourth-order valence-electron chi connectivity index (χ4n) is 5.75. The van der Waals surface area contributed by atoms with E-state index in [0.717, 1.165) is 38.6 Å². The molecule has 16 heteroatoms. The second kappa shape index (κ2) is 22.0. The van der Waals surface area contributed by atoms with Gasteiger partial charge in [-0.1, -0.05) is 88.4 Å². The zero-order chi connectivity index (χ0) is 43.0. The molecule has 0 saturated carbocycles. The van der Waals surface area contributed by atoms with Crippen LogP contribution in [0, 0.1) is 10.8 Å². The molecule has 0 aliphatic carbocycles. The molecule has 0 radical (unpaired) electrons. The van der Waals surface area contributed by atoms with Crippen LogP contribution in [0.5, 0.6) is 0 Å². The van der Waals surface area contributed by atoms with Crippen LogP contribution in [0.1, 0.15) is 93.2 Å². The van der Waals surface area contributed by atoms with Crippen LogP contribution in [-0.4, -0.2) is 96.0 Å². The molecule has 2 aromatic carbocycles. The van der Waals surface area contributed by atoms with E-state index in [1.54, 1.807) is 34.6 Å². The lowest BCUT2D eigenvalue weighted by Gasteiger charge is -2.42. The highest BCUT2D eigenvalue weighted by Gasteiger charge is 2.34. The van der Waals surface area contributed by atoms with Crippen molar-refractivity contribution in [2.75, 3.05) is 38.8 Å². The topological polar surface area (TPSA) is 193 Å². The first kappa shape index (κ1) is 50.7. The zero-order valence-corrected chi connectivity index (χ0v) is 37.1. The quantitative estimate of drug-likeness (QED) is 0.194. The first-order valence-corrected chi connectivity index (χ1v) is 22.3. The molecule has 2 atom stereocenters. The first-order valence-electron chi connectivity index (χ1n) is 18.6. The van der Waals surface area contributed by atoms with Gasteiger partial charge in [-0.3, -0.25) is 13.3 Å². The number of hydrogen-bond donors (Lipinski definition) is 3. The molecule has 1 heterocycles. The number of ether oxygens (including phenoxy) is 2. The van der Waals surface area contributed by atoms with Crippen LogP contribution in [0.4, 0.5) is 9.59 Å². The molecule has 4 N–H and O–H groups in total. The number of piperidine rings is 1. The van der Waals surface area contributed by atoms with Crippen molar-refractivity contribution in [3.63, 3.8) is 0 Å². The van der Waals surface area contributed by atoms with Crippen LogP contribution in [0.25, 0.3) is 0 Å². The van der Waals surface area contributed by atoms with Gasteiger partial charge in [-0.05, 0) is 76.3 Å². The Morgan fingerprint density at radius 2 is 1.29 bits per heavy atom. The number of nitrogens with one attached hydrogen (secondary N) is 2. The van der Waals surface area contributed by atoms with Gasteiger partial charge in [0.15, 0.2) is 0 Å². The summed E-state index contributed by atoms with van der Waals surface area (Å²) in [6.07, 6.45) is 1.96. The van der Waals surface area contributed by atoms with Crippen molar-refractivity contribution in [2.45, 2.75) is 118 Å². The van der Waals surface area contributed by atoms with Gasteiger partial charge in [0.05, 0.1) is 31.8 Å². The van der Waals surface area contributed by atoms with Crippen LogP contribution in [-0.2, 0) is 51.2 Å². The Morgan fingerprint density at radius 3 is 1.73 bits per heavy atom. The van der Waals surface area contributed by atoms with Crippen LogP contribution in [0.2, 0.25) is 0 Å². The Hall–Kier alpha value is -3.28. The smallest absolute Gasteiger partial charge is 0.407 e. The van der Waals surface area contributed by atoms with E-state index in [1.807, 2.05) is 57.2 Å². The lowest BCUT2D eigenvalue weighted by atomic mass is 9.81. The third kappa shape index (κ3) is 26.6. The molecular weight excluding hydrogens is 761 g/mol. The van der Waals surface area contributed by atoms with E-state index in [0.29, 0.717) is 6.54 Å².